The van der Waals surface area contributed by atoms with Gasteiger partial charge >= 0.3 is 6.03 Å². The summed E-state index contributed by atoms with van der Waals surface area (Å²) in [4.78, 5) is 12.3. The summed E-state index contributed by atoms with van der Waals surface area (Å²) in [5.74, 6) is 0. The zero-order chi connectivity index (χ0) is 14.7. The Morgan fingerprint density at radius 3 is 2.71 bits per heavy atom. The zero-order valence-electron chi connectivity index (χ0n) is 13.0. The highest BCUT2D eigenvalue weighted by molar-refractivity contribution is 7.99. The molecule has 0 aromatic carbocycles. The van der Waals surface area contributed by atoms with Crippen molar-refractivity contribution in [2.45, 2.75) is 80.7 Å². The normalized spacial score (nSPS) is 35.0. The van der Waals surface area contributed by atoms with Crippen LogP contribution in [0.1, 0.15) is 57.8 Å². The minimum Gasteiger partial charge on any atom is -0.375 e. The molecule has 2 amide bonds. The van der Waals surface area contributed by atoms with Gasteiger partial charge in [0.05, 0.1) is 5.60 Å². The van der Waals surface area contributed by atoms with Crippen LogP contribution in [0.25, 0.3) is 0 Å². The lowest BCUT2D eigenvalue weighted by atomic mass is 9.89. The summed E-state index contributed by atoms with van der Waals surface area (Å²) >= 11 is 1.88. The van der Waals surface area contributed by atoms with Gasteiger partial charge in [0.1, 0.15) is 0 Å². The van der Waals surface area contributed by atoms with Gasteiger partial charge in [0, 0.05) is 23.9 Å². The molecule has 3 fully saturated rings. The third kappa shape index (κ3) is 3.67. The van der Waals surface area contributed by atoms with E-state index in [1.165, 1.54) is 38.5 Å². The van der Waals surface area contributed by atoms with Gasteiger partial charge in [-0.2, -0.15) is 11.8 Å². The van der Waals surface area contributed by atoms with Crippen LogP contribution in [0.2, 0.25) is 0 Å². The third-order valence-corrected chi connectivity index (χ3v) is 6.58. The molecule has 3 rings (SSSR count). The van der Waals surface area contributed by atoms with Crippen LogP contribution in [-0.4, -0.2) is 41.8 Å². The van der Waals surface area contributed by atoms with Crippen molar-refractivity contribution in [1.82, 2.24) is 10.6 Å². The van der Waals surface area contributed by atoms with E-state index in [9.17, 15) is 4.79 Å². The first kappa shape index (κ1) is 15.5. The lowest BCUT2D eigenvalue weighted by Crippen LogP contribution is -2.52. The average Bonchev–Trinajstić information content (AvgIpc) is 3.08. The van der Waals surface area contributed by atoms with E-state index in [-0.39, 0.29) is 17.7 Å². The van der Waals surface area contributed by atoms with Crippen molar-refractivity contribution in [2.75, 3.05) is 12.9 Å². The van der Waals surface area contributed by atoms with Crippen LogP contribution < -0.4 is 10.6 Å². The van der Waals surface area contributed by atoms with Crippen LogP contribution in [0, 0.1) is 0 Å². The van der Waals surface area contributed by atoms with Crippen molar-refractivity contribution in [1.29, 1.82) is 0 Å². The first-order valence-electron chi connectivity index (χ1n) is 8.45. The van der Waals surface area contributed by atoms with Crippen molar-refractivity contribution in [3.63, 3.8) is 0 Å². The molecule has 1 aliphatic heterocycles. The van der Waals surface area contributed by atoms with E-state index in [0.29, 0.717) is 11.3 Å². The molecular weight excluding hydrogens is 284 g/mol. The fraction of sp³-hybridized carbons (Fsp3) is 0.938. The van der Waals surface area contributed by atoms with E-state index < -0.39 is 0 Å². The van der Waals surface area contributed by atoms with Gasteiger partial charge in [-0.25, -0.2) is 4.79 Å². The Morgan fingerprint density at radius 1 is 1.14 bits per heavy atom. The van der Waals surface area contributed by atoms with Crippen molar-refractivity contribution in [3.05, 3.63) is 0 Å². The van der Waals surface area contributed by atoms with E-state index in [0.717, 1.165) is 25.9 Å². The molecule has 1 saturated heterocycles. The summed E-state index contributed by atoms with van der Waals surface area (Å²) in [6, 6.07) is 0.660. The Kier molecular flexibility index (Phi) is 4.99. The number of thioether (sulfide) groups is 1. The average molecular weight is 312 g/mol. The van der Waals surface area contributed by atoms with E-state index >= 15 is 0 Å². The minimum absolute atomic E-state index is 0.0287. The van der Waals surface area contributed by atoms with Crippen LogP contribution in [0.3, 0.4) is 0 Å². The maximum Gasteiger partial charge on any atom is 0.315 e. The molecule has 4 nitrogen and oxygen atoms in total. The first-order chi connectivity index (χ1) is 10.2. The second-order valence-electron chi connectivity index (χ2n) is 6.86. The maximum atomic E-state index is 12.3. The van der Waals surface area contributed by atoms with E-state index in [1.807, 2.05) is 11.8 Å². The second kappa shape index (κ2) is 6.78. The predicted octanol–water partition coefficient (Wildman–Crippen LogP) is 3.06. The van der Waals surface area contributed by atoms with Crippen LogP contribution in [0.5, 0.6) is 0 Å². The highest BCUT2D eigenvalue weighted by Crippen LogP contribution is 2.40. The monoisotopic (exact) mass is 312 g/mol. The van der Waals surface area contributed by atoms with Gasteiger partial charge in [0.15, 0.2) is 0 Å². The molecule has 0 unspecified atom stereocenters. The lowest BCUT2D eigenvalue weighted by molar-refractivity contribution is -0.0820. The minimum atomic E-state index is 0.0287. The number of hydrogen-bond donors (Lipinski definition) is 2. The molecule has 2 aliphatic carbocycles. The maximum absolute atomic E-state index is 12.3. The van der Waals surface area contributed by atoms with Crippen molar-refractivity contribution in [3.8, 4) is 0 Å². The number of amides is 2. The number of rotatable bonds is 3. The number of urea groups is 1. The molecular formula is C16H28N2O2S. The number of carbonyl (C=O) groups excluding carboxylic acids is 1. The molecule has 1 spiro atoms. The standard InChI is InChI=1S/C16H28N2O2S/c1-21-14-6-4-5-13(14)18-15(19)17-12-7-10-20-16(11-12)8-2-3-9-16/h12-14H,2-11H2,1H3,(H2,17,18,19)/t12-,13-,14+/m0/s1. The van der Waals surface area contributed by atoms with Crippen LogP contribution in [0.15, 0.2) is 0 Å². The third-order valence-electron chi connectivity index (χ3n) is 5.41. The van der Waals surface area contributed by atoms with E-state index in [2.05, 4.69) is 16.9 Å². The van der Waals surface area contributed by atoms with Crippen LogP contribution in [0.4, 0.5) is 4.79 Å². The summed E-state index contributed by atoms with van der Waals surface area (Å²) in [6.45, 7) is 0.793. The molecule has 2 N–H and O–H groups in total. The Morgan fingerprint density at radius 2 is 1.95 bits per heavy atom. The number of nitrogens with one attached hydrogen (secondary N) is 2. The topological polar surface area (TPSA) is 50.4 Å². The smallest absolute Gasteiger partial charge is 0.315 e. The lowest BCUT2D eigenvalue weighted by Gasteiger charge is -2.38. The fourth-order valence-electron chi connectivity index (χ4n) is 4.29. The molecule has 0 bridgehead atoms. The molecule has 0 aromatic rings. The summed E-state index contributed by atoms with van der Waals surface area (Å²) in [7, 11) is 0. The predicted molar refractivity (Wildman–Crippen MR) is 86.8 cm³/mol. The summed E-state index contributed by atoms with van der Waals surface area (Å²) in [6.07, 6.45) is 12.6. The first-order valence-corrected chi connectivity index (χ1v) is 9.73. The van der Waals surface area contributed by atoms with Gasteiger partial charge in [0.2, 0.25) is 0 Å². The molecule has 3 aliphatic rings. The van der Waals surface area contributed by atoms with E-state index in [4.69, 9.17) is 4.74 Å². The fourth-order valence-corrected chi connectivity index (χ4v) is 5.22. The van der Waals surface area contributed by atoms with Crippen molar-refractivity contribution >= 4 is 17.8 Å². The molecule has 3 atom stereocenters. The molecule has 0 aromatic heterocycles. The van der Waals surface area contributed by atoms with E-state index in [1.54, 1.807) is 0 Å². The van der Waals surface area contributed by atoms with Gasteiger partial charge < -0.3 is 15.4 Å². The van der Waals surface area contributed by atoms with Crippen molar-refractivity contribution < 1.29 is 9.53 Å². The SMILES string of the molecule is CS[C@@H]1CCC[C@@H]1NC(=O)N[C@H]1CCOC2(CCCC2)C1. The summed E-state index contributed by atoms with van der Waals surface area (Å²) in [5.41, 5.74) is 0.0748. The Labute approximate surface area is 132 Å². The number of hydrogen-bond acceptors (Lipinski definition) is 3. The quantitative estimate of drug-likeness (QED) is 0.842. The Bertz CT molecular complexity index is 371. The van der Waals surface area contributed by atoms with Gasteiger partial charge in [0.25, 0.3) is 0 Å². The highest BCUT2D eigenvalue weighted by Gasteiger charge is 2.40. The van der Waals surface area contributed by atoms with Gasteiger partial charge in [-0.1, -0.05) is 19.3 Å². The molecule has 1 heterocycles. The summed E-state index contributed by atoms with van der Waals surface area (Å²) < 4.78 is 6.03. The van der Waals surface area contributed by atoms with Gasteiger partial charge in [-0.15, -0.1) is 0 Å². The molecule has 120 valence electrons. The molecule has 2 saturated carbocycles. The Balaban J connectivity index is 1.48. The number of carbonyl (C=O) groups is 1. The second-order valence-corrected chi connectivity index (χ2v) is 7.93. The molecule has 0 radical (unpaired) electrons. The van der Waals surface area contributed by atoms with Crippen LogP contribution in [-0.2, 0) is 4.74 Å². The summed E-state index contributed by atoms with van der Waals surface area (Å²) in [5, 5.41) is 6.99. The Hall–Kier alpha value is -0.420. The van der Waals surface area contributed by atoms with Gasteiger partial charge in [-0.3, -0.25) is 0 Å². The number of ether oxygens (including phenoxy) is 1. The van der Waals surface area contributed by atoms with Crippen molar-refractivity contribution in [2.24, 2.45) is 0 Å². The zero-order valence-corrected chi connectivity index (χ0v) is 13.8. The molecule has 21 heavy (non-hydrogen) atoms. The highest BCUT2D eigenvalue weighted by atomic mass is 32.2. The van der Waals surface area contributed by atoms with Crippen LogP contribution >= 0.6 is 11.8 Å². The molecule has 5 heteroatoms. The largest absolute Gasteiger partial charge is 0.375 e. The van der Waals surface area contributed by atoms with Gasteiger partial charge in [-0.05, 0) is 44.8 Å².